The average Bonchev–Trinajstić information content (AvgIpc) is 2.84. The molecule has 2 fully saturated rings. The van der Waals surface area contributed by atoms with Gasteiger partial charge in [0.15, 0.2) is 0 Å². The van der Waals surface area contributed by atoms with E-state index in [1.807, 2.05) is 0 Å². The van der Waals surface area contributed by atoms with Gasteiger partial charge in [0, 0.05) is 6.42 Å². The second-order valence-corrected chi connectivity index (χ2v) is 5.81. The molecule has 0 aromatic rings. The molecule has 6 nitrogen and oxygen atoms in total. The molecule has 3 amide bonds. The number of hydrogen-bond acceptors (Lipinski definition) is 4. The van der Waals surface area contributed by atoms with Crippen molar-refractivity contribution in [3.8, 4) is 0 Å². The van der Waals surface area contributed by atoms with E-state index >= 15 is 0 Å². The highest BCUT2D eigenvalue weighted by Gasteiger charge is 2.43. The van der Waals surface area contributed by atoms with Gasteiger partial charge in [-0.25, -0.2) is 0 Å². The molecule has 1 atom stereocenters. The highest BCUT2D eigenvalue weighted by Crippen LogP contribution is 2.21. The van der Waals surface area contributed by atoms with Gasteiger partial charge in [0.25, 0.3) is 5.91 Å². The molecule has 2 rings (SSSR count). The first kappa shape index (κ1) is 14.0. The lowest BCUT2D eigenvalue weighted by Gasteiger charge is -2.40. The van der Waals surface area contributed by atoms with Crippen molar-refractivity contribution in [2.24, 2.45) is 5.92 Å². The molecular formula is C13H21N3O3. The summed E-state index contributed by atoms with van der Waals surface area (Å²) in [7, 11) is 0. The fourth-order valence-electron chi connectivity index (χ4n) is 2.61. The van der Waals surface area contributed by atoms with Crippen LogP contribution in [0.1, 0.15) is 33.1 Å². The van der Waals surface area contributed by atoms with Gasteiger partial charge >= 0.3 is 0 Å². The molecule has 0 spiro atoms. The molecule has 0 bridgehead atoms. The Morgan fingerprint density at radius 3 is 2.79 bits per heavy atom. The lowest BCUT2D eigenvalue weighted by molar-refractivity contribution is -0.155. The Labute approximate surface area is 112 Å². The molecule has 6 heteroatoms. The first-order valence-corrected chi connectivity index (χ1v) is 6.76. The van der Waals surface area contributed by atoms with Gasteiger partial charge in [-0.2, -0.15) is 0 Å². The zero-order valence-corrected chi connectivity index (χ0v) is 11.5. The van der Waals surface area contributed by atoms with E-state index in [2.05, 4.69) is 10.6 Å². The predicted molar refractivity (Wildman–Crippen MR) is 69.2 cm³/mol. The van der Waals surface area contributed by atoms with Crippen molar-refractivity contribution in [1.82, 2.24) is 15.5 Å². The summed E-state index contributed by atoms with van der Waals surface area (Å²) in [6, 6.07) is 0. The largest absolute Gasteiger partial charge is 0.319 e. The van der Waals surface area contributed by atoms with Crippen LogP contribution in [0.3, 0.4) is 0 Å². The smallest absolute Gasteiger partial charge is 0.252 e. The number of rotatable bonds is 3. The number of amides is 3. The maximum atomic E-state index is 12.2. The predicted octanol–water partition coefficient (Wildman–Crippen LogP) is -0.360. The van der Waals surface area contributed by atoms with Gasteiger partial charge in [-0.15, -0.1) is 0 Å². The fourth-order valence-corrected chi connectivity index (χ4v) is 2.61. The maximum Gasteiger partial charge on any atom is 0.252 e. The van der Waals surface area contributed by atoms with Crippen LogP contribution >= 0.6 is 0 Å². The fraction of sp³-hybridized carbons (Fsp3) is 0.769. The van der Waals surface area contributed by atoms with Crippen LogP contribution in [0.4, 0.5) is 0 Å². The number of piperazine rings is 1. The highest BCUT2D eigenvalue weighted by molar-refractivity contribution is 6.06. The Morgan fingerprint density at radius 1 is 1.42 bits per heavy atom. The summed E-state index contributed by atoms with van der Waals surface area (Å²) in [6.45, 7) is 5.28. The van der Waals surface area contributed by atoms with Crippen molar-refractivity contribution in [3.05, 3.63) is 0 Å². The standard InChI is InChI=1S/C13H21N3O3/c1-13(2)12(19)15-10(17)8-16(13)11(18)4-3-9-5-6-14-7-9/h9,14H,3-8H2,1-2H3,(H,15,17,19). The Bertz CT molecular complexity index is 400. The number of hydrogen-bond donors (Lipinski definition) is 2. The van der Waals surface area contributed by atoms with E-state index in [1.54, 1.807) is 13.8 Å². The number of nitrogens with one attached hydrogen (secondary N) is 2. The molecule has 0 saturated carbocycles. The summed E-state index contributed by atoms with van der Waals surface area (Å²) in [6.07, 6.45) is 2.31. The van der Waals surface area contributed by atoms with Crippen LogP contribution in [0.5, 0.6) is 0 Å². The van der Waals surface area contributed by atoms with Crippen LogP contribution in [0, 0.1) is 5.92 Å². The van der Waals surface area contributed by atoms with Crippen molar-refractivity contribution in [2.75, 3.05) is 19.6 Å². The van der Waals surface area contributed by atoms with E-state index in [-0.39, 0.29) is 12.5 Å². The third-order valence-electron chi connectivity index (χ3n) is 4.02. The third-order valence-corrected chi connectivity index (χ3v) is 4.02. The number of nitrogens with zero attached hydrogens (tertiary/aromatic N) is 1. The molecule has 1 unspecified atom stereocenters. The van der Waals surface area contributed by atoms with Gasteiger partial charge in [0.2, 0.25) is 11.8 Å². The van der Waals surface area contributed by atoms with E-state index in [4.69, 9.17) is 0 Å². The molecule has 19 heavy (non-hydrogen) atoms. The molecule has 0 aromatic heterocycles. The van der Waals surface area contributed by atoms with E-state index in [0.29, 0.717) is 12.3 Å². The summed E-state index contributed by atoms with van der Waals surface area (Å²) in [5.41, 5.74) is -0.946. The topological polar surface area (TPSA) is 78.5 Å². The van der Waals surface area contributed by atoms with Crippen LogP contribution in [-0.2, 0) is 14.4 Å². The first-order chi connectivity index (χ1) is 8.91. The van der Waals surface area contributed by atoms with Gasteiger partial charge < -0.3 is 10.2 Å². The van der Waals surface area contributed by atoms with Gasteiger partial charge in [-0.05, 0) is 45.7 Å². The summed E-state index contributed by atoms with van der Waals surface area (Å²) in [4.78, 5) is 36.8. The van der Waals surface area contributed by atoms with Gasteiger partial charge in [-0.1, -0.05) is 0 Å². The van der Waals surface area contributed by atoms with Crippen LogP contribution in [-0.4, -0.2) is 47.8 Å². The van der Waals surface area contributed by atoms with E-state index in [1.165, 1.54) is 4.90 Å². The zero-order valence-electron chi connectivity index (χ0n) is 11.5. The Kier molecular flexibility index (Phi) is 3.89. The molecule has 2 heterocycles. The van der Waals surface area contributed by atoms with Gasteiger partial charge in [-0.3, -0.25) is 19.7 Å². The SMILES string of the molecule is CC1(C)C(=O)NC(=O)CN1C(=O)CCC1CCNC1. The van der Waals surface area contributed by atoms with Crippen molar-refractivity contribution < 1.29 is 14.4 Å². The minimum atomic E-state index is -0.946. The molecule has 0 aromatic carbocycles. The average molecular weight is 267 g/mol. The normalized spacial score (nSPS) is 26.4. The molecule has 0 radical (unpaired) electrons. The van der Waals surface area contributed by atoms with E-state index in [0.717, 1.165) is 25.9 Å². The Hall–Kier alpha value is -1.43. The molecule has 0 aliphatic carbocycles. The van der Waals surface area contributed by atoms with Crippen LogP contribution in [0.15, 0.2) is 0 Å². The van der Waals surface area contributed by atoms with E-state index < -0.39 is 17.4 Å². The second-order valence-electron chi connectivity index (χ2n) is 5.81. The summed E-state index contributed by atoms with van der Waals surface area (Å²) in [5.74, 6) is -0.388. The number of carbonyl (C=O) groups is 3. The van der Waals surface area contributed by atoms with Crippen LogP contribution in [0.25, 0.3) is 0 Å². The summed E-state index contributed by atoms with van der Waals surface area (Å²) < 4.78 is 0. The number of carbonyl (C=O) groups excluding carboxylic acids is 3. The lowest BCUT2D eigenvalue weighted by atomic mass is 9.96. The molecule has 106 valence electrons. The molecular weight excluding hydrogens is 246 g/mol. The van der Waals surface area contributed by atoms with Gasteiger partial charge in [0.1, 0.15) is 12.1 Å². The molecule has 2 saturated heterocycles. The van der Waals surface area contributed by atoms with Crippen LogP contribution in [0.2, 0.25) is 0 Å². The second kappa shape index (κ2) is 5.28. The van der Waals surface area contributed by atoms with Crippen molar-refractivity contribution >= 4 is 17.7 Å². The lowest BCUT2D eigenvalue weighted by Crippen LogP contribution is -2.65. The monoisotopic (exact) mass is 267 g/mol. The summed E-state index contributed by atoms with van der Waals surface area (Å²) in [5, 5.41) is 5.53. The number of imide groups is 1. The van der Waals surface area contributed by atoms with Crippen molar-refractivity contribution in [1.29, 1.82) is 0 Å². The third kappa shape index (κ3) is 2.94. The highest BCUT2D eigenvalue weighted by atomic mass is 16.2. The zero-order chi connectivity index (χ0) is 14.0. The minimum Gasteiger partial charge on any atom is -0.319 e. The Balaban J connectivity index is 1.95. The first-order valence-electron chi connectivity index (χ1n) is 6.76. The summed E-state index contributed by atoms with van der Waals surface area (Å²) >= 11 is 0. The van der Waals surface area contributed by atoms with Crippen LogP contribution < -0.4 is 10.6 Å². The van der Waals surface area contributed by atoms with E-state index in [9.17, 15) is 14.4 Å². The quantitative estimate of drug-likeness (QED) is 0.685. The maximum absolute atomic E-state index is 12.2. The van der Waals surface area contributed by atoms with Crippen molar-refractivity contribution in [3.63, 3.8) is 0 Å². The Morgan fingerprint density at radius 2 is 2.16 bits per heavy atom. The van der Waals surface area contributed by atoms with Gasteiger partial charge in [0.05, 0.1) is 0 Å². The van der Waals surface area contributed by atoms with Crippen molar-refractivity contribution in [2.45, 2.75) is 38.6 Å². The minimum absolute atomic E-state index is 0.0273. The molecule has 2 aliphatic rings. The molecule has 2 aliphatic heterocycles. The molecule has 2 N–H and O–H groups in total.